The minimum Gasteiger partial charge on any atom is -0.494 e. The number of hydrogen-bond acceptors (Lipinski definition) is 2. The highest BCUT2D eigenvalue weighted by atomic mass is 16.5. The fourth-order valence-electron chi connectivity index (χ4n) is 2.31. The minimum atomic E-state index is 0.847. The normalized spacial score (nSPS) is 10.8. The van der Waals surface area contributed by atoms with Crippen molar-refractivity contribution in [1.29, 1.82) is 0 Å². The lowest BCUT2D eigenvalue weighted by Crippen LogP contribution is -2.14. The molecule has 0 amide bonds. The van der Waals surface area contributed by atoms with Crippen molar-refractivity contribution in [2.45, 2.75) is 71.8 Å². The third-order valence-corrected chi connectivity index (χ3v) is 3.73. The molecule has 2 heteroatoms. The molecule has 0 fully saturated rings. The standard InChI is InChI=1S/C19H33NO/c1-3-5-7-8-9-10-16-21-19-13-11-18(12-14-19)17-20-15-6-4-2/h11-14,20H,3-10,15-17H2,1-2H3. The van der Waals surface area contributed by atoms with E-state index in [4.69, 9.17) is 4.74 Å². The highest BCUT2D eigenvalue weighted by molar-refractivity contribution is 5.27. The van der Waals surface area contributed by atoms with E-state index in [2.05, 4.69) is 43.4 Å². The van der Waals surface area contributed by atoms with Gasteiger partial charge in [-0.1, -0.05) is 64.5 Å². The summed E-state index contributed by atoms with van der Waals surface area (Å²) >= 11 is 0. The third kappa shape index (κ3) is 9.52. The topological polar surface area (TPSA) is 21.3 Å². The summed E-state index contributed by atoms with van der Waals surface area (Å²) in [5.41, 5.74) is 1.33. The van der Waals surface area contributed by atoms with Crippen molar-refractivity contribution >= 4 is 0 Å². The first kappa shape index (κ1) is 18.0. The summed E-state index contributed by atoms with van der Waals surface area (Å²) in [5, 5.41) is 3.46. The van der Waals surface area contributed by atoms with Crippen LogP contribution in [0.4, 0.5) is 0 Å². The van der Waals surface area contributed by atoms with Crippen LogP contribution in [-0.2, 0) is 6.54 Å². The summed E-state index contributed by atoms with van der Waals surface area (Å²) in [6.07, 6.45) is 10.4. The zero-order valence-corrected chi connectivity index (χ0v) is 14.0. The lowest BCUT2D eigenvalue weighted by Gasteiger charge is -2.08. The van der Waals surface area contributed by atoms with Crippen LogP contribution < -0.4 is 10.1 Å². The Kier molecular flexibility index (Phi) is 10.9. The Bertz CT molecular complexity index is 334. The first-order chi connectivity index (χ1) is 10.4. The molecule has 0 heterocycles. The predicted octanol–water partition coefficient (Wildman–Crippen LogP) is 5.32. The average Bonchev–Trinajstić information content (AvgIpc) is 2.52. The van der Waals surface area contributed by atoms with E-state index in [0.717, 1.165) is 25.4 Å². The monoisotopic (exact) mass is 291 g/mol. The largest absolute Gasteiger partial charge is 0.494 e. The number of ether oxygens (including phenoxy) is 1. The summed E-state index contributed by atoms with van der Waals surface area (Å²) in [4.78, 5) is 0. The maximum absolute atomic E-state index is 5.79. The van der Waals surface area contributed by atoms with Crippen molar-refractivity contribution in [1.82, 2.24) is 5.32 Å². The van der Waals surface area contributed by atoms with Crippen LogP contribution in [-0.4, -0.2) is 13.2 Å². The van der Waals surface area contributed by atoms with Gasteiger partial charge < -0.3 is 10.1 Å². The zero-order chi connectivity index (χ0) is 15.2. The average molecular weight is 291 g/mol. The highest BCUT2D eigenvalue weighted by Crippen LogP contribution is 2.13. The zero-order valence-electron chi connectivity index (χ0n) is 14.0. The molecule has 0 bridgehead atoms. The van der Waals surface area contributed by atoms with Gasteiger partial charge in [0.25, 0.3) is 0 Å². The third-order valence-electron chi connectivity index (χ3n) is 3.73. The smallest absolute Gasteiger partial charge is 0.119 e. The number of hydrogen-bond donors (Lipinski definition) is 1. The summed E-state index contributed by atoms with van der Waals surface area (Å²) in [5.74, 6) is 1.00. The lowest BCUT2D eigenvalue weighted by atomic mass is 10.1. The number of benzene rings is 1. The maximum Gasteiger partial charge on any atom is 0.119 e. The van der Waals surface area contributed by atoms with Gasteiger partial charge in [0.05, 0.1) is 6.61 Å². The van der Waals surface area contributed by atoms with Gasteiger partial charge in [0.2, 0.25) is 0 Å². The second kappa shape index (κ2) is 12.7. The summed E-state index contributed by atoms with van der Waals surface area (Å²) in [6.45, 7) is 7.38. The molecule has 0 saturated carbocycles. The molecule has 1 aromatic carbocycles. The van der Waals surface area contributed by atoms with Crippen LogP contribution in [0.25, 0.3) is 0 Å². The lowest BCUT2D eigenvalue weighted by molar-refractivity contribution is 0.304. The van der Waals surface area contributed by atoms with E-state index in [9.17, 15) is 0 Å². The van der Waals surface area contributed by atoms with Crippen molar-refractivity contribution in [3.05, 3.63) is 29.8 Å². The van der Waals surface area contributed by atoms with Crippen molar-refractivity contribution in [3.63, 3.8) is 0 Å². The van der Waals surface area contributed by atoms with Crippen molar-refractivity contribution in [3.8, 4) is 5.75 Å². The molecule has 0 aromatic heterocycles. The van der Waals surface area contributed by atoms with Crippen LogP contribution in [0.2, 0.25) is 0 Å². The van der Waals surface area contributed by atoms with Gasteiger partial charge in [0.1, 0.15) is 5.75 Å². The Morgan fingerprint density at radius 1 is 0.810 bits per heavy atom. The number of rotatable bonds is 13. The molecule has 2 nitrogen and oxygen atoms in total. The van der Waals surface area contributed by atoms with Crippen LogP contribution >= 0.6 is 0 Å². The van der Waals surface area contributed by atoms with E-state index in [1.54, 1.807) is 0 Å². The molecule has 0 spiro atoms. The Hall–Kier alpha value is -1.02. The van der Waals surface area contributed by atoms with E-state index in [1.165, 1.54) is 56.9 Å². The summed E-state index contributed by atoms with van der Waals surface area (Å²) in [6, 6.07) is 8.51. The molecule has 0 aliphatic heterocycles. The molecule has 0 radical (unpaired) electrons. The van der Waals surface area contributed by atoms with Crippen LogP contribution in [0.5, 0.6) is 5.75 Å². The van der Waals surface area contributed by atoms with Crippen LogP contribution in [0.3, 0.4) is 0 Å². The van der Waals surface area contributed by atoms with Gasteiger partial charge in [-0.3, -0.25) is 0 Å². The molecule has 0 saturated heterocycles. The Labute approximate surface area is 131 Å². The van der Waals surface area contributed by atoms with Gasteiger partial charge in [-0.05, 0) is 37.1 Å². The van der Waals surface area contributed by atoms with Crippen molar-refractivity contribution < 1.29 is 4.74 Å². The van der Waals surface area contributed by atoms with Gasteiger partial charge in [0, 0.05) is 6.54 Å². The Morgan fingerprint density at radius 2 is 1.48 bits per heavy atom. The molecule has 0 aliphatic carbocycles. The molecule has 0 unspecified atom stereocenters. The molecule has 1 aromatic rings. The first-order valence-corrected chi connectivity index (χ1v) is 8.79. The van der Waals surface area contributed by atoms with E-state index >= 15 is 0 Å². The maximum atomic E-state index is 5.79. The summed E-state index contributed by atoms with van der Waals surface area (Å²) < 4.78 is 5.79. The van der Waals surface area contributed by atoms with Gasteiger partial charge in [-0.15, -0.1) is 0 Å². The molecule has 0 aliphatic rings. The molecular formula is C19H33NO. The molecule has 1 rings (SSSR count). The SMILES string of the molecule is CCCCCCCCOc1ccc(CNCCCC)cc1. The van der Waals surface area contributed by atoms with E-state index < -0.39 is 0 Å². The second-order valence-corrected chi connectivity index (χ2v) is 5.79. The Balaban J connectivity index is 2.07. The summed E-state index contributed by atoms with van der Waals surface area (Å²) in [7, 11) is 0. The molecule has 120 valence electrons. The van der Waals surface area contributed by atoms with E-state index in [-0.39, 0.29) is 0 Å². The van der Waals surface area contributed by atoms with Crippen LogP contribution in [0.15, 0.2) is 24.3 Å². The molecular weight excluding hydrogens is 258 g/mol. The number of unbranched alkanes of at least 4 members (excludes halogenated alkanes) is 6. The first-order valence-electron chi connectivity index (χ1n) is 8.79. The Morgan fingerprint density at radius 3 is 2.19 bits per heavy atom. The van der Waals surface area contributed by atoms with Crippen LogP contribution in [0.1, 0.15) is 70.8 Å². The second-order valence-electron chi connectivity index (χ2n) is 5.79. The molecule has 0 atom stereocenters. The van der Waals surface area contributed by atoms with Gasteiger partial charge in [0.15, 0.2) is 0 Å². The predicted molar refractivity (Wildman–Crippen MR) is 91.9 cm³/mol. The highest BCUT2D eigenvalue weighted by Gasteiger charge is 1.96. The quantitative estimate of drug-likeness (QED) is 0.497. The van der Waals surface area contributed by atoms with Gasteiger partial charge in [-0.25, -0.2) is 0 Å². The number of nitrogens with one attached hydrogen (secondary N) is 1. The van der Waals surface area contributed by atoms with E-state index in [0.29, 0.717) is 0 Å². The fraction of sp³-hybridized carbons (Fsp3) is 0.684. The van der Waals surface area contributed by atoms with Crippen LogP contribution in [0, 0.1) is 0 Å². The van der Waals surface area contributed by atoms with Crippen molar-refractivity contribution in [2.75, 3.05) is 13.2 Å². The minimum absolute atomic E-state index is 0.847. The van der Waals surface area contributed by atoms with Gasteiger partial charge in [-0.2, -0.15) is 0 Å². The molecule has 1 N–H and O–H groups in total. The van der Waals surface area contributed by atoms with Crippen molar-refractivity contribution in [2.24, 2.45) is 0 Å². The van der Waals surface area contributed by atoms with Gasteiger partial charge >= 0.3 is 0 Å². The van der Waals surface area contributed by atoms with E-state index in [1.807, 2.05) is 0 Å². The fourth-order valence-corrected chi connectivity index (χ4v) is 2.31. The molecule has 21 heavy (non-hydrogen) atoms.